The Morgan fingerprint density at radius 3 is 1.81 bits per heavy atom. The second kappa shape index (κ2) is 8.80. The van der Waals surface area contributed by atoms with Gasteiger partial charge >= 0.3 is 11.9 Å². The number of rotatable bonds is 6. The van der Waals surface area contributed by atoms with E-state index in [1.54, 1.807) is 0 Å². The van der Waals surface area contributed by atoms with Gasteiger partial charge in [0.1, 0.15) is 0 Å². The van der Waals surface area contributed by atoms with Gasteiger partial charge in [-0.2, -0.15) is 0 Å². The first kappa shape index (κ1) is 19.2. The Kier molecular flexibility index (Phi) is 6.49. The minimum absolute atomic E-state index is 0.151. The molecule has 1 amide bonds. The molecule has 6 nitrogen and oxygen atoms in total. The third kappa shape index (κ3) is 4.92. The maximum atomic E-state index is 12.3. The molecule has 2 aromatic rings. The van der Waals surface area contributed by atoms with Crippen molar-refractivity contribution < 1.29 is 23.9 Å². The number of methoxy groups -OCH3 is 2. The van der Waals surface area contributed by atoms with E-state index in [1.807, 2.05) is 24.3 Å². The second-order valence-corrected chi connectivity index (χ2v) is 5.68. The number of esters is 2. The summed E-state index contributed by atoms with van der Waals surface area (Å²) in [6.07, 6.45) is 1.11. The van der Waals surface area contributed by atoms with Gasteiger partial charge in [0.05, 0.1) is 31.8 Å². The number of hydrogen-bond acceptors (Lipinski definition) is 5. The zero-order valence-corrected chi connectivity index (χ0v) is 15.0. The molecule has 2 rings (SSSR count). The standard InChI is InChI=1S/C20H21NO5/c1-4-13-5-7-14(8-6-13)9-18(22)21-17-11-15(19(23)25-2)10-16(12-17)20(24)26-3/h5-8,10-12H,4,9H2,1-3H3,(H,21,22). The van der Waals surface area contributed by atoms with Crippen molar-refractivity contribution in [2.45, 2.75) is 19.8 Å². The van der Waals surface area contributed by atoms with Crippen molar-refractivity contribution in [1.82, 2.24) is 0 Å². The van der Waals surface area contributed by atoms with Crippen molar-refractivity contribution >= 4 is 23.5 Å². The molecule has 0 aliphatic rings. The van der Waals surface area contributed by atoms with Gasteiger partial charge in [0.25, 0.3) is 0 Å². The summed E-state index contributed by atoms with van der Waals surface area (Å²) in [6, 6.07) is 12.0. The van der Waals surface area contributed by atoms with Crippen LogP contribution in [0.2, 0.25) is 0 Å². The van der Waals surface area contributed by atoms with E-state index in [0.717, 1.165) is 12.0 Å². The third-order valence-corrected chi connectivity index (χ3v) is 3.85. The molecule has 0 unspecified atom stereocenters. The Balaban J connectivity index is 2.19. The number of anilines is 1. The molecular formula is C20H21NO5. The van der Waals surface area contributed by atoms with Crippen LogP contribution in [0.4, 0.5) is 5.69 Å². The van der Waals surface area contributed by atoms with Gasteiger partial charge in [-0.05, 0) is 35.7 Å². The number of carbonyl (C=O) groups excluding carboxylic acids is 3. The quantitative estimate of drug-likeness (QED) is 0.806. The normalized spacial score (nSPS) is 10.1. The summed E-state index contributed by atoms with van der Waals surface area (Å²) in [5, 5.41) is 2.70. The molecule has 2 aromatic carbocycles. The lowest BCUT2D eigenvalue weighted by Crippen LogP contribution is -2.16. The molecule has 0 aliphatic heterocycles. The summed E-state index contributed by atoms with van der Waals surface area (Å²) in [6.45, 7) is 2.06. The summed E-state index contributed by atoms with van der Waals surface area (Å²) in [5.74, 6) is -1.48. The van der Waals surface area contributed by atoms with Gasteiger partial charge < -0.3 is 14.8 Å². The molecule has 136 valence electrons. The van der Waals surface area contributed by atoms with Crippen LogP contribution in [-0.2, 0) is 27.1 Å². The van der Waals surface area contributed by atoms with E-state index in [2.05, 4.69) is 21.7 Å². The van der Waals surface area contributed by atoms with Crippen LogP contribution in [0.15, 0.2) is 42.5 Å². The summed E-state index contributed by atoms with van der Waals surface area (Å²) < 4.78 is 9.36. The molecule has 0 aromatic heterocycles. The van der Waals surface area contributed by atoms with Crippen LogP contribution in [0.5, 0.6) is 0 Å². The number of ether oxygens (including phenoxy) is 2. The Bertz CT molecular complexity index is 777. The van der Waals surface area contributed by atoms with Crippen LogP contribution in [0, 0.1) is 0 Å². The number of carbonyl (C=O) groups is 3. The minimum atomic E-state index is -0.610. The minimum Gasteiger partial charge on any atom is -0.465 e. The molecule has 0 spiro atoms. The fourth-order valence-corrected chi connectivity index (χ4v) is 2.45. The first-order valence-corrected chi connectivity index (χ1v) is 8.16. The van der Waals surface area contributed by atoms with Crippen LogP contribution in [0.1, 0.15) is 38.8 Å². The van der Waals surface area contributed by atoms with Gasteiger partial charge in [-0.1, -0.05) is 31.2 Å². The largest absolute Gasteiger partial charge is 0.465 e. The van der Waals surface area contributed by atoms with Gasteiger partial charge in [-0.25, -0.2) is 9.59 Å². The van der Waals surface area contributed by atoms with E-state index in [-0.39, 0.29) is 23.5 Å². The average molecular weight is 355 g/mol. The Morgan fingerprint density at radius 2 is 1.35 bits per heavy atom. The zero-order chi connectivity index (χ0) is 19.1. The molecule has 0 heterocycles. The van der Waals surface area contributed by atoms with E-state index in [4.69, 9.17) is 0 Å². The number of aryl methyl sites for hydroxylation is 1. The predicted molar refractivity (Wildman–Crippen MR) is 97.3 cm³/mol. The SMILES string of the molecule is CCc1ccc(CC(=O)Nc2cc(C(=O)OC)cc(C(=O)OC)c2)cc1. The van der Waals surface area contributed by atoms with Crippen LogP contribution in [0.25, 0.3) is 0 Å². The molecule has 0 aliphatic carbocycles. The number of hydrogen-bond donors (Lipinski definition) is 1. The van der Waals surface area contributed by atoms with Crippen LogP contribution in [0.3, 0.4) is 0 Å². The van der Waals surface area contributed by atoms with E-state index in [1.165, 1.54) is 38.0 Å². The summed E-state index contributed by atoms with van der Waals surface area (Å²) >= 11 is 0. The lowest BCUT2D eigenvalue weighted by Gasteiger charge is -2.10. The lowest BCUT2D eigenvalue weighted by atomic mass is 10.1. The first-order chi connectivity index (χ1) is 12.5. The van der Waals surface area contributed by atoms with Gasteiger partial charge in [0, 0.05) is 5.69 Å². The molecule has 0 atom stereocenters. The van der Waals surface area contributed by atoms with Crippen molar-refractivity contribution in [3.63, 3.8) is 0 Å². The summed E-state index contributed by atoms with van der Waals surface area (Å²) in [5.41, 5.74) is 2.69. The third-order valence-electron chi connectivity index (χ3n) is 3.85. The Labute approximate surface area is 152 Å². The zero-order valence-electron chi connectivity index (χ0n) is 15.0. The maximum Gasteiger partial charge on any atom is 0.337 e. The molecular weight excluding hydrogens is 334 g/mol. The highest BCUT2D eigenvalue weighted by Gasteiger charge is 2.15. The van der Waals surface area contributed by atoms with Gasteiger partial charge in [-0.15, -0.1) is 0 Å². The van der Waals surface area contributed by atoms with Crippen molar-refractivity contribution in [2.24, 2.45) is 0 Å². The smallest absolute Gasteiger partial charge is 0.337 e. The fourth-order valence-electron chi connectivity index (χ4n) is 2.45. The molecule has 0 bridgehead atoms. The number of nitrogens with one attached hydrogen (secondary N) is 1. The second-order valence-electron chi connectivity index (χ2n) is 5.68. The van der Waals surface area contributed by atoms with Gasteiger partial charge in [-0.3, -0.25) is 4.79 Å². The topological polar surface area (TPSA) is 81.7 Å². The van der Waals surface area contributed by atoms with Crippen molar-refractivity contribution in [3.05, 3.63) is 64.7 Å². The van der Waals surface area contributed by atoms with Gasteiger partial charge in [0.15, 0.2) is 0 Å². The number of benzene rings is 2. The monoisotopic (exact) mass is 355 g/mol. The number of amides is 1. The predicted octanol–water partition coefficient (Wildman–Crippen LogP) is 3.00. The van der Waals surface area contributed by atoms with Crippen LogP contribution in [-0.4, -0.2) is 32.1 Å². The highest BCUT2D eigenvalue weighted by Crippen LogP contribution is 2.17. The van der Waals surface area contributed by atoms with E-state index < -0.39 is 11.9 Å². The Morgan fingerprint density at radius 1 is 0.846 bits per heavy atom. The molecule has 0 saturated carbocycles. The Hall–Kier alpha value is -3.15. The van der Waals surface area contributed by atoms with Crippen molar-refractivity contribution in [2.75, 3.05) is 19.5 Å². The van der Waals surface area contributed by atoms with E-state index in [9.17, 15) is 14.4 Å². The maximum absolute atomic E-state index is 12.3. The molecule has 0 radical (unpaired) electrons. The lowest BCUT2D eigenvalue weighted by molar-refractivity contribution is -0.115. The van der Waals surface area contributed by atoms with Crippen LogP contribution < -0.4 is 5.32 Å². The first-order valence-electron chi connectivity index (χ1n) is 8.16. The van der Waals surface area contributed by atoms with Gasteiger partial charge in [0.2, 0.25) is 5.91 Å². The summed E-state index contributed by atoms with van der Waals surface area (Å²) in [4.78, 5) is 35.9. The van der Waals surface area contributed by atoms with Crippen molar-refractivity contribution in [1.29, 1.82) is 0 Å². The van der Waals surface area contributed by atoms with E-state index in [0.29, 0.717) is 5.69 Å². The highest BCUT2D eigenvalue weighted by molar-refractivity contribution is 5.99. The molecule has 1 N–H and O–H groups in total. The fraction of sp³-hybridized carbons (Fsp3) is 0.250. The molecule has 6 heteroatoms. The van der Waals surface area contributed by atoms with Crippen molar-refractivity contribution in [3.8, 4) is 0 Å². The van der Waals surface area contributed by atoms with Crippen LogP contribution >= 0.6 is 0 Å². The highest BCUT2D eigenvalue weighted by atomic mass is 16.5. The average Bonchev–Trinajstić information content (AvgIpc) is 2.66. The molecule has 0 saturated heterocycles. The molecule has 0 fully saturated rings. The summed E-state index contributed by atoms with van der Waals surface area (Å²) in [7, 11) is 2.48. The molecule has 26 heavy (non-hydrogen) atoms. The van der Waals surface area contributed by atoms with E-state index >= 15 is 0 Å².